The summed E-state index contributed by atoms with van der Waals surface area (Å²) in [5.41, 5.74) is 0.387. The summed E-state index contributed by atoms with van der Waals surface area (Å²) in [6.07, 6.45) is -3.70. The molecule has 1 unspecified atom stereocenters. The molecule has 0 saturated heterocycles. The standard InChI is InChI=1S/C11H13F4NO/c1-7(8-4-2-3-5-9(8)17)16-6-11(14,15)10(12)13/h2-5,7,10,16-17H,6H2,1H3. The molecule has 0 aliphatic heterocycles. The van der Waals surface area contributed by atoms with E-state index in [0.29, 0.717) is 5.56 Å². The van der Waals surface area contributed by atoms with E-state index in [0.717, 1.165) is 0 Å². The van der Waals surface area contributed by atoms with Gasteiger partial charge in [-0.25, -0.2) is 8.78 Å². The topological polar surface area (TPSA) is 32.3 Å². The molecule has 0 saturated carbocycles. The van der Waals surface area contributed by atoms with Crippen LogP contribution < -0.4 is 5.32 Å². The van der Waals surface area contributed by atoms with Gasteiger partial charge in [0.15, 0.2) is 0 Å². The van der Waals surface area contributed by atoms with Crippen LogP contribution in [0.1, 0.15) is 18.5 Å². The molecule has 2 nitrogen and oxygen atoms in total. The first-order valence-corrected chi connectivity index (χ1v) is 5.02. The van der Waals surface area contributed by atoms with Gasteiger partial charge in [0.05, 0.1) is 6.54 Å². The van der Waals surface area contributed by atoms with E-state index >= 15 is 0 Å². The van der Waals surface area contributed by atoms with Crippen LogP contribution in [0.5, 0.6) is 5.75 Å². The number of phenolic OH excluding ortho intramolecular Hbond substituents is 1. The smallest absolute Gasteiger partial charge is 0.319 e. The molecule has 0 bridgehead atoms. The molecule has 0 aliphatic carbocycles. The van der Waals surface area contributed by atoms with Crippen LogP contribution in [0, 0.1) is 0 Å². The normalized spacial score (nSPS) is 14.0. The van der Waals surface area contributed by atoms with Crippen molar-refractivity contribution in [3.8, 4) is 5.75 Å². The minimum Gasteiger partial charge on any atom is -0.508 e. The molecule has 1 aromatic carbocycles. The molecule has 1 aromatic rings. The summed E-state index contributed by atoms with van der Waals surface area (Å²) >= 11 is 0. The largest absolute Gasteiger partial charge is 0.508 e. The summed E-state index contributed by atoms with van der Waals surface area (Å²) in [5.74, 6) is -4.13. The van der Waals surface area contributed by atoms with Crippen molar-refractivity contribution in [1.82, 2.24) is 5.32 Å². The number of rotatable bonds is 5. The fourth-order valence-electron chi connectivity index (χ4n) is 1.33. The Hall–Kier alpha value is -1.30. The van der Waals surface area contributed by atoms with Gasteiger partial charge in [-0.15, -0.1) is 0 Å². The molecule has 0 heterocycles. The number of alkyl halides is 4. The lowest BCUT2D eigenvalue weighted by atomic mass is 10.1. The van der Waals surface area contributed by atoms with Gasteiger partial charge < -0.3 is 10.4 Å². The molecule has 0 aliphatic rings. The summed E-state index contributed by atoms with van der Waals surface area (Å²) in [6.45, 7) is 0.372. The minimum absolute atomic E-state index is 0.0622. The first kappa shape index (κ1) is 13.8. The monoisotopic (exact) mass is 251 g/mol. The van der Waals surface area contributed by atoms with Gasteiger partial charge in [-0.2, -0.15) is 8.78 Å². The average molecular weight is 251 g/mol. The molecule has 0 amide bonds. The summed E-state index contributed by atoms with van der Waals surface area (Å²) in [4.78, 5) is 0. The molecule has 1 rings (SSSR count). The second-order valence-corrected chi connectivity index (χ2v) is 3.72. The highest BCUT2D eigenvalue weighted by molar-refractivity contribution is 5.34. The number of halogens is 4. The van der Waals surface area contributed by atoms with E-state index in [2.05, 4.69) is 5.32 Å². The lowest BCUT2D eigenvalue weighted by Crippen LogP contribution is -2.39. The van der Waals surface area contributed by atoms with Crippen LogP contribution in [0.2, 0.25) is 0 Å². The maximum atomic E-state index is 12.6. The van der Waals surface area contributed by atoms with Crippen LogP contribution in [0.4, 0.5) is 17.6 Å². The van der Waals surface area contributed by atoms with E-state index in [1.54, 1.807) is 12.1 Å². The zero-order valence-corrected chi connectivity index (χ0v) is 9.13. The molecule has 2 N–H and O–H groups in total. The summed E-state index contributed by atoms with van der Waals surface area (Å²) in [7, 11) is 0. The number of hydrogen-bond acceptors (Lipinski definition) is 2. The lowest BCUT2D eigenvalue weighted by molar-refractivity contribution is -0.126. The number of nitrogens with one attached hydrogen (secondary N) is 1. The summed E-state index contributed by atoms with van der Waals surface area (Å²) in [6, 6.07) is 5.50. The highest BCUT2D eigenvalue weighted by atomic mass is 19.3. The van der Waals surface area contributed by atoms with Crippen LogP contribution in [0.15, 0.2) is 24.3 Å². The summed E-state index contributed by atoms with van der Waals surface area (Å²) < 4.78 is 49.1. The van der Waals surface area contributed by atoms with Gasteiger partial charge in [-0.3, -0.25) is 0 Å². The van der Waals surface area contributed by atoms with Gasteiger partial charge in [-0.05, 0) is 13.0 Å². The molecule has 6 heteroatoms. The van der Waals surface area contributed by atoms with Crippen molar-refractivity contribution < 1.29 is 22.7 Å². The molecule has 0 spiro atoms. The van der Waals surface area contributed by atoms with E-state index in [1.165, 1.54) is 19.1 Å². The quantitative estimate of drug-likeness (QED) is 0.788. The van der Waals surface area contributed by atoms with E-state index < -0.39 is 24.9 Å². The second-order valence-electron chi connectivity index (χ2n) is 3.72. The highest BCUT2D eigenvalue weighted by Gasteiger charge is 2.40. The van der Waals surface area contributed by atoms with Crippen LogP contribution >= 0.6 is 0 Å². The number of phenols is 1. The van der Waals surface area contributed by atoms with E-state index in [-0.39, 0.29) is 5.75 Å². The predicted molar refractivity (Wildman–Crippen MR) is 55.5 cm³/mol. The van der Waals surface area contributed by atoms with Crippen molar-refractivity contribution in [3.05, 3.63) is 29.8 Å². The number of aromatic hydroxyl groups is 1. The third-order valence-corrected chi connectivity index (χ3v) is 2.37. The summed E-state index contributed by atoms with van der Waals surface area (Å²) in [5, 5.41) is 11.7. The van der Waals surface area contributed by atoms with Crippen molar-refractivity contribution >= 4 is 0 Å². The van der Waals surface area contributed by atoms with Crippen molar-refractivity contribution in [1.29, 1.82) is 0 Å². The van der Waals surface area contributed by atoms with Crippen molar-refractivity contribution in [2.75, 3.05) is 6.54 Å². The average Bonchev–Trinajstić information content (AvgIpc) is 2.26. The Bertz CT molecular complexity index is 370. The number of hydrogen-bond donors (Lipinski definition) is 2. The molecular weight excluding hydrogens is 238 g/mol. The molecule has 17 heavy (non-hydrogen) atoms. The van der Waals surface area contributed by atoms with Crippen LogP contribution in [-0.4, -0.2) is 24.0 Å². The van der Waals surface area contributed by atoms with E-state index in [1.807, 2.05) is 0 Å². The van der Waals surface area contributed by atoms with Crippen molar-refractivity contribution in [2.45, 2.75) is 25.3 Å². The Balaban J connectivity index is 2.62. The molecule has 96 valence electrons. The Kier molecular flexibility index (Phi) is 4.34. The maximum Gasteiger partial charge on any atom is 0.319 e. The SMILES string of the molecule is CC(NCC(F)(F)C(F)F)c1ccccc1O. The zero-order chi connectivity index (χ0) is 13.1. The van der Waals surface area contributed by atoms with Crippen molar-refractivity contribution in [3.63, 3.8) is 0 Å². The van der Waals surface area contributed by atoms with Crippen LogP contribution in [0.25, 0.3) is 0 Å². The van der Waals surface area contributed by atoms with Gasteiger partial charge in [0.25, 0.3) is 0 Å². The molecule has 0 radical (unpaired) electrons. The number of benzene rings is 1. The van der Waals surface area contributed by atoms with Gasteiger partial charge in [0, 0.05) is 11.6 Å². The molecular formula is C11H13F4NO. The second kappa shape index (κ2) is 5.35. The molecule has 0 aromatic heterocycles. The number of para-hydroxylation sites is 1. The zero-order valence-electron chi connectivity index (χ0n) is 9.13. The van der Waals surface area contributed by atoms with E-state index in [4.69, 9.17) is 0 Å². The molecule has 0 fully saturated rings. The first-order valence-electron chi connectivity index (χ1n) is 5.02. The Morgan fingerprint density at radius 3 is 2.41 bits per heavy atom. The van der Waals surface area contributed by atoms with Gasteiger partial charge in [-0.1, -0.05) is 18.2 Å². The maximum absolute atomic E-state index is 12.6. The van der Waals surface area contributed by atoms with Crippen LogP contribution in [-0.2, 0) is 0 Å². The van der Waals surface area contributed by atoms with Gasteiger partial charge in [0.2, 0.25) is 0 Å². The lowest BCUT2D eigenvalue weighted by Gasteiger charge is -2.20. The van der Waals surface area contributed by atoms with Crippen LogP contribution in [0.3, 0.4) is 0 Å². The Labute approximate surface area is 96.3 Å². The van der Waals surface area contributed by atoms with E-state index in [9.17, 15) is 22.7 Å². The Morgan fingerprint density at radius 2 is 1.88 bits per heavy atom. The van der Waals surface area contributed by atoms with Crippen molar-refractivity contribution in [2.24, 2.45) is 0 Å². The fourth-order valence-corrected chi connectivity index (χ4v) is 1.33. The third kappa shape index (κ3) is 3.59. The van der Waals surface area contributed by atoms with Gasteiger partial charge in [0.1, 0.15) is 5.75 Å². The third-order valence-electron chi connectivity index (χ3n) is 2.37. The predicted octanol–water partition coefficient (Wildman–Crippen LogP) is 2.94. The Morgan fingerprint density at radius 1 is 1.29 bits per heavy atom. The fraction of sp³-hybridized carbons (Fsp3) is 0.455. The van der Waals surface area contributed by atoms with Gasteiger partial charge >= 0.3 is 12.3 Å². The minimum atomic E-state index is -4.07. The first-order chi connectivity index (χ1) is 7.84. The molecule has 1 atom stereocenters. The highest BCUT2D eigenvalue weighted by Crippen LogP contribution is 2.26.